The Hall–Kier alpha value is -8.85. The lowest BCUT2D eigenvalue weighted by atomic mass is 9.96. The quantitative estimate of drug-likeness (QED) is 0.0126. The number of amides is 8. The predicted octanol–water partition coefficient (Wildman–Crippen LogP) is -5.46. The van der Waals surface area contributed by atoms with E-state index in [0.29, 0.717) is 27.5 Å². The molecular formula is C67H95N18O23S4+. The number of anilines is 2. The van der Waals surface area contributed by atoms with Crippen molar-refractivity contribution in [3.05, 3.63) is 93.3 Å². The number of sulfonamides is 1. The average molecular weight is 1650 g/mol. The number of fused-ring (bicyclic) bond motifs is 1. The number of aliphatic hydroxyl groups excluding tert-OH is 8. The molecule has 614 valence electrons. The number of nitrogen functional groups attached to an aromatic ring is 1. The highest BCUT2D eigenvalue weighted by Gasteiger charge is 2.54. The van der Waals surface area contributed by atoms with Gasteiger partial charge in [-0.2, -0.15) is 4.72 Å². The Bertz CT molecular complexity index is 4370. The number of ether oxygens (including phenoxy) is 5. The Morgan fingerprint density at radius 1 is 0.795 bits per heavy atom. The van der Waals surface area contributed by atoms with Gasteiger partial charge in [0.25, 0.3) is 11.8 Å². The van der Waals surface area contributed by atoms with Crippen LogP contribution in [0.3, 0.4) is 0 Å². The van der Waals surface area contributed by atoms with Crippen LogP contribution in [-0.4, -0.2) is 290 Å². The van der Waals surface area contributed by atoms with Crippen molar-refractivity contribution in [2.75, 3.05) is 75.8 Å². The number of imidazole rings is 1. The third-order valence-electron chi connectivity index (χ3n) is 18.2. The number of carbonyl (C=O) groups excluding carboxylic acids is 8. The van der Waals surface area contributed by atoms with E-state index in [-0.39, 0.29) is 57.0 Å². The molecule has 2 saturated heterocycles. The first-order chi connectivity index (χ1) is 52.9. The molecule has 6 aromatic rings. The van der Waals surface area contributed by atoms with E-state index in [1.165, 1.54) is 68.0 Å². The average Bonchev–Trinajstić information content (AvgIpc) is 0.935. The topological polar surface area (TPSA) is 650 Å². The maximum atomic E-state index is 15.4. The number of aromatic amines is 1. The summed E-state index contributed by atoms with van der Waals surface area (Å²) in [5, 5.41) is 108. The summed E-state index contributed by atoms with van der Waals surface area (Å²) < 4.78 is 59.5. The minimum absolute atomic E-state index is 0.0368. The second-order valence-electron chi connectivity index (χ2n) is 26.9. The number of nitrogens with zero attached hydrogens (tertiary/aromatic N) is 6. The van der Waals surface area contributed by atoms with Crippen LogP contribution in [0.25, 0.3) is 21.3 Å². The van der Waals surface area contributed by atoms with Crippen LogP contribution < -0.4 is 64.5 Å². The number of nitrogens with two attached hydrogens (primary N) is 4. The molecule has 4 aromatic heterocycles. The summed E-state index contributed by atoms with van der Waals surface area (Å²) in [5.41, 5.74) is 25.1. The molecule has 8 rings (SSSR count). The lowest BCUT2D eigenvalue weighted by Gasteiger charge is -2.47. The van der Waals surface area contributed by atoms with Crippen molar-refractivity contribution in [3.63, 3.8) is 0 Å². The third-order valence-corrected chi connectivity index (χ3v) is 22.6. The zero-order valence-corrected chi connectivity index (χ0v) is 65.2. The first kappa shape index (κ1) is 88.7. The van der Waals surface area contributed by atoms with Crippen LogP contribution in [0.2, 0.25) is 0 Å². The molecule has 0 spiro atoms. The van der Waals surface area contributed by atoms with Gasteiger partial charge in [0.2, 0.25) is 39.6 Å². The number of carbonyl (C=O) groups is 8. The van der Waals surface area contributed by atoms with Crippen LogP contribution in [0.1, 0.15) is 88.8 Å². The molecule has 2 aromatic carbocycles. The normalized spacial score (nSPS) is 22.4. The fourth-order valence-electron chi connectivity index (χ4n) is 12.0. The number of primary amides is 3. The first-order valence-electron chi connectivity index (χ1n) is 34.9. The molecule has 112 heavy (non-hydrogen) atoms. The van der Waals surface area contributed by atoms with Crippen molar-refractivity contribution in [2.24, 2.45) is 23.1 Å². The molecule has 2 aliphatic heterocycles. The highest BCUT2D eigenvalue weighted by Crippen LogP contribution is 2.36. The lowest BCUT2D eigenvalue weighted by Crippen LogP contribution is -2.65. The molecule has 0 saturated carbocycles. The number of H-pyrrole nitrogens is 1. The Morgan fingerprint density at radius 2 is 1.50 bits per heavy atom. The van der Waals surface area contributed by atoms with E-state index >= 15 is 9.59 Å². The molecule has 6 heterocycles. The highest BCUT2D eigenvalue weighted by molar-refractivity contribution is 7.95. The first-order valence-corrected chi connectivity index (χ1v) is 40.3. The molecule has 24 N–H and O–H groups in total. The molecular weight excluding hydrogens is 1550 g/mol. The Labute approximate surface area is 652 Å². The Balaban J connectivity index is 1.07. The smallest absolute Gasteiger partial charge is 0.404 e. The van der Waals surface area contributed by atoms with Crippen molar-refractivity contribution < 1.29 is 111 Å². The fraction of sp³-hybridized carbons (Fsp3) is 0.537. The number of hydrogen-bond donors (Lipinski definition) is 20. The minimum atomic E-state index is -4.58. The molecule has 45 heteroatoms. The van der Waals surface area contributed by atoms with Gasteiger partial charge in [-0.3, -0.25) is 33.6 Å². The van der Waals surface area contributed by atoms with Crippen molar-refractivity contribution in [2.45, 2.75) is 162 Å². The van der Waals surface area contributed by atoms with E-state index in [1.54, 1.807) is 43.7 Å². The van der Waals surface area contributed by atoms with Crippen LogP contribution in [0.4, 0.5) is 16.3 Å². The summed E-state index contributed by atoms with van der Waals surface area (Å²) in [4.78, 5) is 136. The molecule has 0 aliphatic carbocycles. The summed E-state index contributed by atoms with van der Waals surface area (Å²) in [5.74, 6) is -8.59. The van der Waals surface area contributed by atoms with Gasteiger partial charge in [0.1, 0.15) is 95.7 Å². The van der Waals surface area contributed by atoms with Gasteiger partial charge in [0.05, 0.1) is 100 Å². The van der Waals surface area contributed by atoms with E-state index in [4.69, 9.17) is 46.6 Å². The summed E-state index contributed by atoms with van der Waals surface area (Å²) in [6.07, 6.45) is -20.9. The van der Waals surface area contributed by atoms with Crippen molar-refractivity contribution in [1.29, 1.82) is 0 Å². The number of benzene rings is 2. The van der Waals surface area contributed by atoms with Crippen molar-refractivity contribution in [3.8, 4) is 10.6 Å². The van der Waals surface area contributed by atoms with Crippen LogP contribution in [0.15, 0.2) is 64.7 Å². The van der Waals surface area contributed by atoms with Gasteiger partial charge in [0.15, 0.2) is 18.7 Å². The van der Waals surface area contributed by atoms with Crippen molar-refractivity contribution in [1.82, 2.24) is 66.5 Å². The van der Waals surface area contributed by atoms with Crippen LogP contribution in [0.5, 0.6) is 0 Å². The highest BCUT2D eigenvalue weighted by atomic mass is 32.2. The second kappa shape index (κ2) is 39.7. The summed E-state index contributed by atoms with van der Waals surface area (Å²) in [6.45, 7) is 2.63. The molecule has 19 unspecified atom stereocenters. The number of nitrogens with one attached hydrogen (secondary N) is 8. The molecule has 2 aliphatic rings. The van der Waals surface area contributed by atoms with Gasteiger partial charge in [-0.15, -0.1) is 22.7 Å². The molecule has 8 amide bonds. The van der Waals surface area contributed by atoms with Crippen LogP contribution >= 0.6 is 22.7 Å². The van der Waals surface area contributed by atoms with Gasteiger partial charge in [-0.05, 0) is 55.3 Å². The maximum absolute atomic E-state index is 15.4. The van der Waals surface area contributed by atoms with Crippen LogP contribution in [-0.2, 0) is 75.0 Å². The Kier molecular flexibility index (Phi) is 31.5. The van der Waals surface area contributed by atoms with Crippen LogP contribution in [0, 0.1) is 12.8 Å². The van der Waals surface area contributed by atoms with Crippen molar-refractivity contribution >= 4 is 113 Å². The van der Waals surface area contributed by atoms with Gasteiger partial charge < -0.3 is 129 Å². The summed E-state index contributed by atoms with van der Waals surface area (Å²) in [7, 11) is -0.764. The fourth-order valence-corrected chi connectivity index (χ4v) is 15.8. The number of aromatic nitrogens is 6. The molecule has 41 nitrogen and oxygen atoms in total. The van der Waals surface area contributed by atoms with Gasteiger partial charge in [-0.1, -0.05) is 25.1 Å². The maximum Gasteiger partial charge on any atom is 0.404 e. The monoisotopic (exact) mass is 1650 g/mol. The molecule has 0 bridgehead atoms. The molecule has 2 fully saturated rings. The van der Waals surface area contributed by atoms with E-state index in [1.807, 2.05) is 4.90 Å². The van der Waals surface area contributed by atoms with Gasteiger partial charge in [0, 0.05) is 75.0 Å². The Morgan fingerprint density at radius 3 is 2.14 bits per heavy atom. The van der Waals surface area contributed by atoms with Gasteiger partial charge >= 0.3 is 6.09 Å². The molecule has 19 atom stereocenters. The van der Waals surface area contributed by atoms with E-state index in [9.17, 15) is 78.0 Å². The zero-order valence-electron chi connectivity index (χ0n) is 61.9. The van der Waals surface area contributed by atoms with E-state index < -0.39 is 211 Å². The number of thiazole rings is 2. The minimum Gasteiger partial charge on any atom is -0.441 e. The lowest BCUT2D eigenvalue weighted by molar-refractivity contribution is -0.372. The molecule has 0 radical (unpaired) electrons. The van der Waals surface area contributed by atoms with Gasteiger partial charge in [-0.25, -0.2) is 38.1 Å². The number of aliphatic hydroxyl groups is 8. The SMILES string of the molecule is Cc1c(N)nc(C(CC(N)=O)NCC(NS(=O)(=O)c2cccc3cc(N(C)C)ccc23)C(N)=O)nc1C(=O)NC(C(=O)NC(C)C(O)C(C)C(=O)NC(C(=O)NCCc1nc(-c2scnc2C(=O)NCCC[S+](C)C)cs1)C(C)O)C(OC1OC(CO)C(O)C(O)C1OC1OC(CO)C(O)C(OC(N)=O)C1O)c1cnc[nH]1. The third kappa shape index (κ3) is 22.3. The van der Waals surface area contributed by atoms with E-state index in [0.717, 1.165) is 30.4 Å². The number of rotatable bonds is 39. The zero-order chi connectivity index (χ0) is 82.3. The number of hydrogen-bond acceptors (Lipinski definition) is 33. The second-order valence-corrected chi connectivity index (χ2v) is 32.8. The van der Waals surface area contributed by atoms with E-state index in [2.05, 4.69) is 79.0 Å². The largest absolute Gasteiger partial charge is 0.441 e. The summed E-state index contributed by atoms with van der Waals surface area (Å²) in [6, 6.07) is 0.788. The predicted molar refractivity (Wildman–Crippen MR) is 403 cm³/mol. The standard InChI is InChI=1S/C67H94N18O23S4/c1-28-44(80-59(83-57(28)69)35(20-42(68)89)75-22-37(58(70)95)84-112(102,103)41-12-9-11-32-19-33(85(5)6)13-14-34(32)41)63(99)82-46(53(36-21-72-26-76-36)106-66-55(51(93)49(91)39(23-86)105-66)107-65-52(94)54(108-67(71)101)50(92)40(24-87)104-65)64(100)78-30(3)48(90)29(2)60(96)81-45(31(4)88)61(97)74-17-15-43-79-38(25-109-43)56-47(77-27-110-56)62(98)73-16-10-18-111(7)8/h9,11-14,19,21,25-27,29-31,35,37,39-40,45-46,48-55,65-66,75,84,86-88,90-94H,10,15-18,20,22-24H2,1-8H3,(H13-,68,69,70,71,72,73,74,76,78,80,81,82,83,89,95,96,97,98,99,100,101)/p+1. The summed E-state index contributed by atoms with van der Waals surface area (Å²) >= 11 is 2.50.